The minimum atomic E-state index is -2.18. The normalized spacial score (nSPS) is 23.4. The van der Waals surface area contributed by atoms with Crippen LogP contribution in [0.4, 0.5) is 5.69 Å². The monoisotopic (exact) mass is 519 g/mol. The molecule has 2 aliphatic rings. The van der Waals surface area contributed by atoms with Crippen LogP contribution in [-0.2, 0) is 19.2 Å². The Labute approximate surface area is 215 Å². The van der Waals surface area contributed by atoms with Gasteiger partial charge in [-0.3, -0.25) is 0 Å². The van der Waals surface area contributed by atoms with Gasteiger partial charge in [-0.05, 0) is 41.8 Å². The lowest BCUT2D eigenvalue weighted by Crippen LogP contribution is -2.34. The van der Waals surface area contributed by atoms with Gasteiger partial charge in [0.1, 0.15) is 18.3 Å². The molecule has 2 aliphatic heterocycles. The van der Waals surface area contributed by atoms with Crippen LogP contribution in [0.15, 0.2) is 65.0 Å². The molecule has 8 nitrogen and oxygen atoms in total. The number of rotatable bonds is 5. The number of H-pyrrole nitrogens is 1. The van der Waals surface area contributed by atoms with Crippen molar-refractivity contribution in [3.05, 3.63) is 66.2 Å². The molecule has 0 spiro atoms. The lowest BCUT2D eigenvalue weighted by atomic mass is 10.0. The molecule has 2 fully saturated rings. The summed E-state index contributed by atoms with van der Waals surface area (Å²) in [6, 6.07) is 20.0. The van der Waals surface area contributed by atoms with Gasteiger partial charge in [0.05, 0.1) is 35.6 Å². The quantitative estimate of drug-likeness (QED) is 0.403. The molecule has 0 amide bonds. The van der Waals surface area contributed by atoms with Gasteiger partial charge >= 0.3 is 0 Å². The second kappa shape index (κ2) is 9.25. The number of hydrogen-bond donors (Lipinski definition) is 2. The van der Waals surface area contributed by atoms with Crippen molar-refractivity contribution in [2.45, 2.75) is 31.3 Å². The summed E-state index contributed by atoms with van der Waals surface area (Å²) in [7, 11) is -2.18. The number of nitrogens with zero attached hydrogens (tertiary/aromatic N) is 2. The minimum Gasteiger partial charge on any atom is -0.470 e. The Morgan fingerprint density at radius 1 is 0.973 bits per heavy atom. The van der Waals surface area contributed by atoms with Crippen molar-refractivity contribution in [2.24, 2.45) is 4.36 Å². The van der Waals surface area contributed by atoms with E-state index in [9.17, 15) is 9.32 Å². The number of aryl methyl sites for hydroxylation is 1. The molecule has 0 radical (unpaired) electrons. The van der Waals surface area contributed by atoms with Crippen molar-refractivity contribution in [1.82, 2.24) is 9.97 Å². The molecule has 2 aromatic carbocycles. The Hall–Kier alpha value is -3.24. The van der Waals surface area contributed by atoms with Gasteiger partial charge in [-0.25, -0.2) is 9.19 Å². The van der Waals surface area contributed by atoms with E-state index < -0.39 is 15.8 Å². The second-order valence-electron chi connectivity index (χ2n) is 9.94. The van der Waals surface area contributed by atoms with Gasteiger partial charge in [0.15, 0.2) is 12.0 Å². The van der Waals surface area contributed by atoms with Crippen LogP contribution in [0.2, 0.25) is 0 Å². The van der Waals surface area contributed by atoms with E-state index in [4.69, 9.17) is 19.2 Å². The van der Waals surface area contributed by atoms with Crippen molar-refractivity contribution in [3.8, 4) is 28.3 Å². The number of aromatic amines is 1. The van der Waals surface area contributed by atoms with Crippen LogP contribution in [0.5, 0.6) is 5.88 Å². The molecule has 0 unspecified atom stereocenters. The molecular weight excluding hydrogens is 490 g/mol. The molecule has 0 bridgehead atoms. The summed E-state index contributed by atoms with van der Waals surface area (Å²) < 4.78 is 33.6. The fourth-order valence-electron chi connectivity index (χ4n) is 4.98. The summed E-state index contributed by atoms with van der Waals surface area (Å²) in [6.07, 6.45) is 1.78. The maximum atomic E-state index is 11.9. The summed E-state index contributed by atoms with van der Waals surface area (Å²) in [5, 5.41) is 9.96. The molecule has 192 valence electrons. The number of aliphatic hydroxyl groups excluding tert-OH is 1. The van der Waals surface area contributed by atoms with Crippen molar-refractivity contribution in [1.29, 1.82) is 0 Å². The SMILES string of the molecule is Cc1cc2[nH]c(O[C@@H]3CO[C@H]4[C@@H]3OC[C@H]4O)cc2nc1-c1ccc(-c2ccc(N=S(C)(C)=O)cc2)cc1. The maximum Gasteiger partial charge on any atom is 0.193 e. The molecule has 0 saturated carbocycles. The Balaban J connectivity index is 1.22. The van der Waals surface area contributed by atoms with Gasteiger partial charge < -0.3 is 24.3 Å². The zero-order valence-electron chi connectivity index (χ0n) is 20.9. The fraction of sp³-hybridized carbons (Fsp3) is 0.321. The first-order valence-electron chi connectivity index (χ1n) is 12.2. The first-order valence-corrected chi connectivity index (χ1v) is 14.5. The minimum absolute atomic E-state index is 0.268. The predicted molar refractivity (Wildman–Crippen MR) is 144 cm³/mol. The number of hydrogen-bond acceptors (Lipinski definition) is 7. The Kier molecular flexibility index (Phi) is 6.03. The third-order valence-corrected chi connectivity index (χ3v) is 7.36. The standard InChI is InChI=1S/C28H29N3O5S/c1-16-12-21-22(13-25(29-21)36-24-15-35-27-23(32)14-34-28(24)27)30-26(16)19-6-4-17(5-7-19)18-8-10-20(11-9-18)31-37(2,3)33/h4-13,23-24,27-29,32H,14-15H2,1-3H3/t23-,24-,27-,28-/m1/s1. The Bertz CT molecular complexity index is 1560. The number of nitrogens with one attached hydrogen (secondary N) is 1. The first kappa shape index (κ1) is 24.1. The van der Waals surface area contributed by atoms with E-state index in [1.807, 2.05) is 37.3 Å². The average Bonchev–Trinajstić information content (AvgIpc) is 3.55. The highest BCUT2D eigenvalue weighted by Gasteiger charge is 2.48. The summed E-state index contributed by atoms with van der Waals surface area (Å²) in [5.41, 5.74) is 7.54. The molecule has 4 aromatic rings. The van der Waals surface area contributed by atoms with Crippen LogP contribution in [0.1, 0.15) is 5.56 Å². The first-order chi connectivity index (χ1) is 17.7. The van der Waals surface area contributed by atoms with Gasteiger partial charge in [-0.1, -0.05) is 36.4 Å². The molecule has 37 heavy (non-hydrogen) atoms. The molecule has 2 aromatic heterocycles. The Morgan fingerprint density at radius 2 is 1.62 bits per heavy atom. The van der Waals surface area contributed by atoms with E-state index in [1.54, 1.807) is 12.5 Å². The highest BCUT2D eigenvalue weighted by atomic mass is 32.2. The number of fused-ring (bicyclic) bond motifs is 2. The molecule has 4 atom stereocenters. The topological polar surface area (TPSA) is 106 Å². The van der Waals surface area contributed by atoms with Crippen LogP contribution in [-0.4, -0.2) is 69.4 Å². The van der Waals surface area contributed by atoms with E-state index in [-0.39, 0.29) is 24.9 Å². The molecule has 4 heterocycles. The number of ether oxygens (including phenoxy) is 3. The number of aliphatic hydroxyl groups is 1. The maximum absolute atomic E-state index is 11.9. The van der Waals surface area contributed by atoms with Crippen LogP contribution in [0.3, 0.4) is 0 Å². The fourth-order valence-corrected chi connectivity index (χ4v) is 5.61. The third-order valence-electron chi connectivity index (χ3n) is 6.71. The van der Waals surface area contributed by atoms with Gasteiger partial charge in [0, 0.05) is 33.9 Å². The molecular formula is C28H29N3O5S. The third kappa shape index (κ3) is 4.87. The van der Waals surface area contributed by atoms with E-state index in [0.29, 0.717) is 18.2 Å². The van der Waals surface area contributed by atoms with Crippen LogP contribution in [0.25, 0.3) is 33.4 Å². The Morgan fingerprint density at radius 3 is 2.32 bits per heavy atom. The molecule has 2 saturated heterocycles. The van der Waals surface area contributed by atoms with Crippen LogP contribution >= 0.6 is 0 Å². The van der Waals surface area contributed by atoms with E-state index >= 15 is 0 Å². The van der Waals surface area contributed by atoms with Crippen molar-refractivity contribution < 1.29 is 23.5 Å². The highest BCUT2D eigenvalue weighted by molar-refractivity contribution is 7.92. The van der Waals surface area contributed by atoms with Gasteiger partial charge in [0.25, 0.3) is 0 Å². The highest BCUT2D eigenvalue weighted by Crippen LogP contribution is 2.33. The van der Waals surface area contributed by atoms with Crippen molar-refractivity contribution in [3.63, 3.8) is 0 Å². The largest absolute Gasteiger partial charge is 0.470 e. The summed E-state index contributed by atoms with van der Waals surface area (Å²) in [6.45, 7) is 2.69. The summed E-state index contributed by atoms with van der Waals surface area (Å²) >= 11 is 0. The van der Waals surface area contributed by atoms with Gasteiger partial charge in [0.2, 0.25) is 0 Å². The van der Waals surface area contributed by atoms with Crippen molar-refractivity contribution in [2.75, 3.05) is 25.7 Å². The van der Waals surface area contributed by atoms with Crippen molar-refractivity contribution >= 4 is 26.4 Å². The van der Waals surface area contributed by atoms with Crippen LogP contribution in [0, 0.1) is 6.92 Å². The van der Waals surface area contributed by atoms with Gasteiger partial charge in [-0.2, -0.15) is 4.36 Å². The lowest BCUT2D eigenvalue weighted by Gasteiger charge is -2.16. The molecule has 0 aliphatic carbocycles. The zero-order valence-corrected chi connectivity index (χ0v) is 21.7. The van der Waals surface area contributed by atoms with E-state index in [1.165, 1.54) is 0 Å². The average molecular weight is 520 g/mol. The lowest BCUT2D eigenvalue weighted by molar-refractivity contribution is 0.00794. The molecule has 2 N–H and O–H groups in total. The number of benzene rings is 2. The number of aromatic nitrogens is 2. The number of pyridine rings is 1. The van der Waals surface area contributed by atoms with E-state index in [2.05, 4.69) is 39.7 Å². The molecule has 9 heteroatoms. The predicted octanol–water partition coefficient (Wildman–Crippen LogP) is 4.47. The van der Waals surface area contributed by atoms with Crippen LogP contribution < -0.4 is 4.74 Å². The zero-order chi connectivity index (χ0) is 25.7. The van der Waals surface area contributed by atoms with E-state index in [0.717, 1.165) is 39.0 Å². The summed E-state index contributed by atoms with van der Waals surface area (Å²) in [4.78, 5) is 8.21. The second-order valence-corrected chi connectivity index (χ2v) is 12.5. The smallest absolute Gasteiger partial charge is 0.193 e. The molecule has 6 rings (SSSR count). The summed E-state index contributed by atoms with van der Waals surface area (Å²) in [5.74, 6) is 0.603. The van der Waals surface area contributed by atoms with Gasteiger partial charge in [-0.15, -0.1) is 0 Å².